The van der Waals surface area contributed by atoms with Crippen molar-refractivity contribution in [3.8, 4) is 0 Å². The Morgan fingerprint density at radius 1 is 1.12 bits per heavy atom. The topological polar surface area (TPSA) is 90.5 Å². The largest absolute Gasteiger partial charge is 0.355 e. The Hall–Kier alpha value is -1.63. The lowest BCUT2D eigenvalue weighted by Gasteiger charge is -2.33. The van der Waals surface area contributed by atoms with Crippen molar-refractivity contribution in [2.24, 2.45) is 11.3 Å². The van der Waals surface area contributed by atoms with Crippen LogP contribution in [0.3, 0.4) is 0 Å². The first kappa shape index (κ1) is 20.7. The average molecular weight is 367 g/mol. The minimum Gasteiger partial charge on any atom is -0.355 e. The monoisotopic (exact) mass is 366 g/mol. The van der Waals surface area contributed by atoms with Crippen LogP contribution in [0.15, 0.2) is 0 Å². The molecule has 0 saturated carbocycles. The zero-order chi connectivity index (χ0) is 19.2. The lowest BCUT2D eigenvalue weighted by atomic mass is 9.95. The van der Waals surface area contributed by atoms with E-state index in [1.54, 1.807) is 0 Å². The minimum atomic E-state index is -0.439. The van der Waals surface area contributed by atoms with E-state index < -0.39 is 5.41 Å². The van der Waals surface area contributed by atoms with Crippen LogP contribution in [-0.2, 0) is 14.4 Å². The Morgan fingerprint density at radius 3 is 2.54 bits per heavy atom. The third-order valence-electron chi connectivity index (χ3n) is 5.12. The molecule has 26 heavy (non-hydrogen) atoms. The summed E-state index contributed by atoms with van der Waals surface area (Å²) in [5, 5.41) is 9.06. The van der Waals surface area contributed by atoms with Gasteiger partial charge in [-0.15, -0.1) is 0 Å². The van der Waals surface area contributed by atoms with Gasteiger partial charge >= 0.3 is 0 Å². The summed E-state index contributed by atoms with van der Waals surface area (Å²) < 4.78 is 0. The zero-order valence-corrected chi connectivity index (χ0v) is 16.4. The summed E-state index contributed by atoms with van der Waals surface area (Å²) in [4.78, 5) is 38.2. The van der Waals surface area contributed by atoms with E-state index in [-0.39, 0.29) is 23.8 Å². The lowest BCUT2D eigenvalue weighted by Crippen LogP contribution is -2.47. The van der Waals surface area contributed by atoms with Crippen LogP contribution in [0.2, 0.25) is 0 Å². The van der Waals surface area contributed by atoms with E-state index in [4.69, 9.17) is 0 Å². The number of carbonyl (C=O) groups excluding carboxylic acids is 3. The normalized spacial score (nSPS) is 23.6. The molecular weight excluding hydrogens is 332 g/mol. The summed E-state index contributed by atoms with van der Waals surface area (Å²) in [6.45, 7) is 8.93. The molecule has 7 nitrogen and oxygen atoms in total. The molecule has 0 radical (unpaired) electrons. The van der Waals surface area contributed by atoms with E-state index in [0.29, 0.717) is 32.0 Å². The molecule has 7 heteroatoms. The molecule has 0 aromatic rings. The first-order valence-corrected chi connectivity index (χ1v) is 9.84. The van der Waals surface area contributed by atoms with E-state index in [9.17, 15) is 14.4 Å². The minimum absolute atomic E-state index is 0.0370. The molecule has 0 spiro atoms. The maximum atomic E-state index is 12.4. The Labute approximate surface area is 156 Å². The fraction of sp³-hybridized carbons (Fsp3) is 0.842. The number of amides is 3. The van der Waals surface area contributed by atoms with Crippen LogP contribution < -0.4 is 16.0 Å². The highest BCUT2D eigenvalue weighted by molar-refractivity contribution is 5.83. The van der Waals surface area contributed by atoms with E-state index in [1.165, 1.54) is 0 Å². The predicted molar refractivity (Wildman–Crippen MR) is 100 cm³/mol. The molecule has 0 bridgehead atoms. The third-order valence-corrected chi connectivity index (χ3v) is 5.12. The maximum Gasteiger partial charge on any atom is 0.237 e. The van der Waals surface area contributed by atoms with Crippen LogP contribution in [0, 0.1) is 11.3 Å². The molecule has 0 aromatic heterocycles. The van der Waals surface area contributed by atoms with Gasteiger partial charge in [-0.1, -0.05) is 20.8 Å². The molecule has 2 aliphatic heterocycles. The van der Waals surface area contributed by atoms with Gasteiger partial charge in [0.25, 0.3) is 0 Å². The number of hydrogen-bond donors (Lipinski definition) is 3. The zero-order valence-electron chi connectivity index (χ0n) is 16.4. The predicted octanol–water partition coefficient (Wildman–Crippen LogP) is 0.646. The van der Waals surface area contributed by atoms with E-state index in [2.05, 4.69) is 16.0 Å². The summed E-state index contributed by atoms with van der Waals surface area (Å²) in [7, 11) is 0. The van der Waals surface area contributed by atoms with E-state index in [1.807, 2.05) is 25.7 Å². The molecule has 2 saturated heterocycles. The van der Waals surface area contributed by atoms with Gasteiger partial charge in [-0.2, -0.15) is 0 Å². The Kier molecular flexibility index (Phi) is 7.43. The number of nitrogens with zero attached hydrogens (tertiary/aromatic N) is 1. The highest BCUT2D eigenvalue weighted by Crippen LogP contribution is 2.17. The number of piperidine rings is 1. The van der Waals surface area contributed by atoms with Crippen LogP contribution in [0.1, 0.15) is 52.9 Å². The van der Waals surface area contributed by atoms with Crippen molar-refractivity contribution < 1.29 is 14.4 Å². The van der Waals surface area contributed by atoms with Gasteiger partial charge in [0, 0.05) is 38.0 Å². The number of nitrogens with one attached hydrogen (secondary N) is 3. The van der Waals surface area contributed by atoms with Gasteiger partial charge in [-0.25, -0.2) is 0 Å². The molecule has 2 aliphatic rings. The number of rotatable bonds is 6. The number of carbonyl (C=O) groups is 3. The van der Waals surface area contributed by atoms with Gasteiger partial charge in [0.1, 0.15) is 0 Å². The molecule has 3 amide bonds. The van der Waals surface area contributed by atoms with Crippen molar-refractivity contribution in [2.45, 2.75) is 58.9 Å². The third kappa shape index (κ3) is 6.27. The van der Waals surface area contributed by atoms with Crippen LogP contribution in [0.5, 0.6) is 0 Å². The van der Waals surface area contributed by atoms with Gasteiger partial charge < -0.3 is 20.9 Å². The summed E-state index contributed by atoms with van der Waals surface area (Å²) in [6, 6.07) is -0.0530. The Bertz CT molecular complexity index is 509. The van der Waals surface area contributed by atoms with Gasteiger partial charge in [0.05, 0.1) is 6.04 Å². The fourth-order valence-electron chi connectivity index (χ4n) is 3.44. The van der Waals surface area contributed by atoms with Crippen molar-refractivity contribution in [2.75, 3.05) is 32.7 Å². The van der Waals surface area contributed by atoms with Crippen molar-refractivity contribution in [1.29, 1.82) is 0 Å². The van der Waals surface area contributed by atoms with Gasteiger partial charge in [-0.3, -0.25) is 14.4 Å². The van der Waals surface area contributed by atoms with Crippen molar-refractivity contribution in [1.82, 2.24) is 20.9 Å². The van der Waals surface area contributed by atoms with Gasteiger partial charge in [-0.05, 0) is 38.1 Å². The second-order valence-electron chi connectivity index (χ2n) is 8.50. The van der Waals surface area contributed by atoms with Crippen molar-refractivity contribution >= 4 is 17.7 Å². The molecule has 0 aliphatic carbocycles. The number of hydrogen-bond acceptors (Lipinski definition) is 4. The average Bonchev–Trinajstić information content (AvgIpc) is 3.13. The van der Waals surface area contributed by atoms with Crippen LogP contribution in [0.25, 0.3) is 0 Å². The highest BCUT2D eigenvalue weighted by Gasteiger charge is 2.26. The summed E-state index contributed by atoms with van der Waals surface area (Å²) in [5.41, 5.74) is -0.439. The molecule has 2 unspecified atom stereocenters. The van der Waals surface area contributed by atoms with Gasteiger partial charge in [0.15, 0.2) is 0 Å². The smallest absolute Gasteiger partial charge is 0.237 e. The van der Waals surface area contributed by atoms with E-state index >= 15 is 0 Å². The van der Waals surface area contributed by atoms with Gasteiger partial charge in [0.2, 0.25) is 17.7 Å². The Balaban J connectivity index is 1.68. The fourth-order valence-corrected chi connectivity index (χ4v) is 3.44. The molecular formula is C19H34N4O3. The molecule has 0 aromatic carbocycles. The van der Waals surface area contributed by atoms with Crippen LogP contribution in [0.4, 0.5) is 0 Å². The molecule has 2 rings (SSSR count). The quantitative estimate of drug-likeness (QED) is 0.644. The summed E-state index contributed by atoms with van der Waals surface area (Å²) in [5.74, 6) is 0.427. The molecule has 2 fully saturated rings. The molecule has 3 N–H and O–H groups in total. The standard InChI is InChI=1S/C19H34N4O3/c1-19(2,3)18(26)21-10-8-16(24)23-11-5-6-14(13-23)12-22-17(25)15-7-4-9-20-15/h14-15,20H,4-13H2,1-3H3,(H,21,26)(H,22,25). The SMILES string of the molecule is CC(C)(C)C(=O)NCCC(=O)N1CCCC(CNC(=O)C2CCCN2)C1. The summed E-state index contributed by atoms with van der Waals surface area (Å²) >= 11 is 0. The molecule has 2 atom stereocenters. The van der Waals surface area contributed by atoms with Crippen molar-refractivity contribution in [3.05, 3.63) is 0 Å². The number of likely N-dealkylation sites (tertiary alicyclic amines) is 1. The summed E-state index contributed by atoms with van der Waals surface area (Å²) in [6.07, 6.45) is 4.27. The van der Waals surface area contributed by atoms with E-state index in [0.717, 1.165) is 38.8 Å². The highest BCUT2D eigenvalue weighted by atomic mass is 16.2. The Morgan fingerprint density at radius 2 is 1.88 bits per heavy atom. The second kappa shape index (κ2) is 9.35. The first-order valence-electron chi connectivity index (χ1n) is 9.84. The van der Waals surface area contributed by atoms with Crippen LogP contribution in [-0.4, -0.2) is 61.4 Å². The van der Waals surface area contributed by atoms with Crippen LogP contribution >= 0.6 is 0 Å². The second-order valence-corrected chi connectivity index (χ2v) is 8.50. The first-order chi connectivity index (χ1) is 12.3. The maximum absolute atomic E-state index is 12.4. The van der Waals surface area contributed by atoms with Crippen molar-refractivity contribution in [3.63, 3.8) is 0 Å². The molecule has 2 heterocycles. The molecule has 148 valence electrons. The lowest BCUT2D eigenvalue weighted by molar-refractivity contribution is -0.133.